The third-order valence-electron chi connectivity index (χ3n) is 2.62. The fourth-order valence-corrected chi connectivity index (χ4v) is 1.77. The quantitative estimate of drug-likeness (QED) is 0.684. The molecule has 0 aliphatic rings. The lowest BCUT2D eigenvalue weighted by Gasteiger charge is -2.03. The Kier molecular flexibility index (Phi) is 2.31. The molecular weight excluding hydrogens is 256 g/mol. The summed E-state index contributed by atoms with van der Waals surface area (Å²) in [5.74, 6) is -1.30. The molecule has 0 saturated heterocycles. The van der Waals surface area contributed by atoms with Crippen molar-refractivity contribution in [2.45, 2.75) is 0 Å². The highest BCUT2D eigenvalue weighted by molar-refractivity contribution is 5.61. The van der Waals surface area contributed by atoms with Crippen LogP contribution in [0.25, 0.3) is 17.0 Å². The Labute approximate surface area is 104 Å². The van der Waals surface area contributed by atoms with Crippen LogP contribution in [0.5, 0.6) is 0 Å². The van der Waals surface area contributed by atoms with Gasteiger partial charge in [0.1, 0.15) is 11.6 Å². The fourth-order valence-electron chi connectivity index (χ4n) is 1.77. The second-order valence-electron chi connectivity index (χ2n) is 3.84. The molecule has 96 valence electrons. The zero-order valence-corrected chi connectivity index (χ0v) is 9.39. The van der Waals surface area contributed by atoms with Gasteiger partial charge in [-0.1, -0.05) is 0 Å². The normalized spacial score (nSPS) is 11.1. The van der Waals surface area contributed by atoms with Gasteiger partial charge >= 0.3 is 0 Å². The van der Waals surface area contributed by atoms with Gasteiger partial charge in [0.2, 0.25) is 11.7 Å². The van der Waals surface area contributed by atoms with Crippen LogP contribution < -0.4 is 11.3 Å². The first-order valence-electron chi connectivity index (χ1n) is 5.25. The summed E-state index contributed by atoms with van der Waals surface area (Å²) in [6.45, 7) is 0. The Morgan fingerprint density at radius 3 is 2.84 bits per heavy atom. The van der Waals surface area contributed by atoms with Gasteiger partial charge in [-0.05, 0) is 18.2 Å². The van der Waals surface area contributed by atoms with Crippen molar-refractivity contribution in [3.63, 3.8) is 0 Å². The maximum atomic E-state index is 13.6. The highest BCUT2D eigenvalue weighted by atomic mass is 19.1. The first-order valence-corrected chi connectivity index (χ1v) is 5.25. The molecule has 3 rings (SSSR count). The zero-order valence-electron chi connectivity index (χ0n) is 9.39. The summed E-state index contributed by atoms with van der Waals surface area (Å²) in [5, 5.41) is 6.05. The summed E-state index contributed by atoms with van der Waals surface area (Å²) in [6, 6.07) is 3.98. The van der Waals surface area contributed by atoms with E-state index in [0.717, 1.165) is 28.7 Å². The smallest absolute Gasteiger partial charge is 0.262 e. The standard InChI is InChI=1S/C11H7F2N5O/c12-5-1-2-7(13)6(3-5)8-4-9(19)18-10(14)16-17-11(18)15-8/h1-4H,(H2,14,16)(H,15,17). The average Bonchev–Trinajstić information content (AvgIpc) is 2.74. The van der Waals surface area contributed by atoms with Gasteiger partial charge in [-0.15, -0.1) is 5.10 Å². The van der Waals surface area contributed by atoms with Crippen LogP contribution in [0.15, 0.2) is 29.1 Å². The molecule has 0 aliphatic heterocycles. The number of benzene rings is 1. The number of hydrogen-bond acceptors (Lipinski definition) is 4. The summed E-state index contributed by atoms with van der Waals surface area (Å²) in [5.41, 5.74) is 4.84. The van der Waals surface area contributed by atoms with Crippen molar-refractivity contribution in [1.82, 2.24) is 19.6 Å². The number of H-pyrrole nitrogens is 1. The molecule has 3 N–H and O–H groups in total. The number of nitrogens with zero attached hydrogens (tertiary/aromatic N) is 3. The van der Waals surface area contributed by atoms with E-state index in [1.807, 2.05) is 0 Å². The molecule has 0 radical (unpaired) electrons. The topological polar surface area (TPSA) is 89.1 Å². The van der Waals surface area contributed by atoms with E-state index in [4.69, 9.17) is 5.73 Å². The van der Waals surface area contributed by atoms with Crippen LogP contribution in [0.1, 0.15) is 0 Å². The molecule has 8 heteroatoms. The van der Waals surface area contributed by atoms with E-state index in [1.54, 1.807) is 0 Å². The summed E-state index contributed by atoms with van der Waals surface area (Å²) in [6.07, 6.45) is 0. The van der Waals surface area contributed by atoms with E-state index in [-0.39, 0.29) is 23.0 Å². The van der Waals surface area contributed by atoms with Crippen LogP contribution in [0.4, 0.5) is 14.7 Å². The SMILES string of the molecule is Nc1n[nH]c2nc(-c3cc(F)ccc3F)cc(=O)n12. The Bertz CT molecular complexity index is 839. The van der Waals surface area contributed by atoms with Crippen molar-refractivity contribution in [3.05, 3.63) is 46.3 Å². The third-order valence-corrected chi connectivity index (χ3v) is 2.62. The van der Waals surface area contributed by atoms with Crippen LogP contribution in [0.2, 0.25) is 0 Å². The Morgan fingerprint density at radius 1 is 1.26 bits per heavy atom. The third kappa shape index (κ3) is 1.73. The molecule has 0 aliphatic carbocycles. The Morgan fingerprint density at radius 2 is 2.05 bits per heavy atom. The monoisotopic (exact) mass is 263 g/mol. The van der Waals surface area contributed by atoms with Crippen molar-refractivity contribution in [2.75, 3.05) is 5.73 Å². The van der Waals surface area contributed by atoms with Gasteiger partial charge < -0.3 is 5.73 Å². The summed E-state index contributed by atoms with van der Waals surface area (Å²) in [4.78, 5) is 15.8. The van der Waals surface area contributed by atoms with Gasteiger partial charge in [-0.2, -0.15) is 0 Å². The maximum absolute atomic E-state index is 13.6. The first-order chi connectivity index (χ1) is 9.06. The number of nitrogens with one attached hydrogen (secondary N) is 1. The first kappa shape index (κ1) is 11.3. The maximum Gasteiger partial charge on any atom is 0.262 e. The van der Waals surface area contributed by atoms with Crippen molar-refractivity contribution in [1.29, 1.82) is 0 Å². The van der Waals surface area contributed by atoms with Crippen molar-refractivity contribution in [2.24, 2.45) is 0 Å². The molecule has 2 heterocycles. The van der Waals surface area contributed by atoms with E-state index >= 15 is 0 Å². The largest absolute Gasteiger partial charge is 0.368 e. The van der Waals surface area contributed by atoms with Gasteiger partial charge in [-0.3, -0.25) is 4.79 Å². The van der Waals surface area contributed by atoms with E-state index in [1.165, 1.54) is 0 Å². The number of rotatable bonds is 1. The molecule has 19 heavy (non-hydrogen) atoms. The van der Waals surface area contributed by atoms with Gasteiger partial charge in [0.15, 0.2) is 0 Å². The molecule has 0 bridgehead atoms. The van der Waals surface area contributed by atoms with Gasteiger partial charge in [0, 0.05) is 11.6 Å². The molecule has 0 saturated carbocycles. The summed E-state index contributed by atoms with van der Waals surface area (Å²) in [7, 11) is 0. The summed E-state index contributed by atoms with van der Waals surface area (Å²) >= 11 is 0. The lowest BCUT2D eigenvalue weighted by Crippen LogP contribution is -2.15. The number of anilines is 1. The second kappa shape index (κ2) is 3.87. The molecule has 0 unspecified atom stereocenters. The van der Waals surface area contributed by atoms with E-state index in [0.29, 0.717) is 0 Å². The number of aromatic amines is 1. The number of nitrogen functional groups attached to an aromatic ring is 1. The minimum absolute atomic E-state index is 0.00523. The molecule has 3 aromatic rings. The van der Waals surface area contributed by atoms with Crippen LogP contribution >= 0.6 is 0 Å². The highest BCUT2D eigenvalue weighted by Crippen LogP contribution is 2.21. The van der Waals surface area contributed by atoms with Gasteiger partial charge in [0.05, 0.1) is 5.69 Å². The molecule has 0 atom stereocenters. The molecule has 6 nitrogen and oxygen atoms in total. The highest BCUT2D eigenvalue weighted by Gasteiger charge is 2.12. The van der Waals surface area contributed by atoms with E-state index < -0.39 is 17.2 Å². The number of hydrogen-bond donors (Lipinski definition) is 2. The van der Waals surface area contributed by atoms with Crippen molar-refractivity contribution >= 4 is 11.7 Å². The second-order valence-corrected chi connectivity index (χ2v) is 3.84. The van der Waals surface area contributed by atoms with Crippen LogP contribution in [0, 0.1) is 11.6 Å². The van der Waals surface area contributed by atoms with Crippen LogP contribution in [-0.4, -0.2) is 19.6 Å². The Hall–Kier alpha value is -2.77. The number of aromatic nitrogens is 4. The van der Waals surface area contributed by atoms with Gasteiger partial charge in [-0.25, -0.2) is 23.3 Å². The predicted molar refractivity (Wildman–Crippen MR) is 63.4 cm³/mol. The molecule has 2 aromatic heterocycles. The Balaban J connectivity index is 2.32. The van der Waals surface area contributed by atoms with Crippen LogP contribution in [-0.2, 0) is 0 Å². The number of halogens is 2. The molecule has 0 spiro atoms. The zero-order chi connectivity index (χ0) is 13.6. The van der Waals surface area contributed by atoms with Crippen LogP contribution in [0.3, 0.4) is 0 Å². The molecule has 1 aromatic carbocycles. The van der Waals surface area contributed by atoms with Gasteiger partial charge in [0.25, 0.3) is 5.56 Å². The minimum atomic E-state index is -0.676. The predicted octanol–water partition coefficient (Wildman–Crippen LogP) is 0.945. The van der Waals surface area contributed by atoms with E-state index in [9.17, 15) is 13.6 Å². The van der Waals surface area contributed by atoms with Crippen molar-refractivity contribution < 1.29 is 8.78 Å². The summed E-state index contributed by atoms with van der Waals surface area (Å²) < 4.78 is 27.8. The minimum Gasteiger partial charge on any atom is -0.368 e. The number of fused-ring (bicyclic) bond motifs is 1. The molecule has 0 amide bonds. The number of nitrogens with two attached hydrogens (primary N) is 1. The van der Waals surface area contributed by atoms with Crippen molar-refractivity contribution in [3.8, 4) is 11.3 Å². The molecular formula is C11H7F2N5O. The fraction of sp³-hybridized carbons (Fsp3) is 0. The average molecular weight is 263 g/mol. The van der Waals surface area contributed by atoms with E-state index in [2.05, 4.69) is 15.2 Å². The lowest BCUT2D eigenvalue weighted by molar-refractivity contribution is 0.602. The lowest BCUT2D eigenvalue weighted by atomic mass is 10.1. The molecule has 0 fully saturated rings.